The van der Waals surface area contributed by atoms with Crippen molar-refractivity contribution in [1.29, 1.82) is 0 Å². The molecule has 1 N–H and O–H groups in total. The Morgan fingerprint density at radius 1 is 1.28 bits per heavy atom. The normalized spacial score (nSPS) is 11.0. The summed E-state index contributed by atoms with van der Waals surface area (Å²) < 4.78 is 5.53. The number of halogens is 2. The van der Waals surface area contributed by atoms with Crippen molar-refractivity contribution in [3.05, 3.63) is 47.0 Å². The number of para-hydroxylation sites is 1. The van der Waals surface area contributed by atoms with Crippen molar-refractivity contribution in [1.82, 2.24) is 9.97 Å². The summed E-state index contributed by atoms with van der Waals surface area (Å²) in [7, 11) is 0. The number of aromatic nitrogens is 2. The SMILES string of the molecule is C=Cc1nc(Cl)c(-c2c(Cl)[nH]c3ccccc23)o1. The van der Waals surface area contributed by atoms with Crippen LogP contribution in [0.15, 0.2) is 35.3 Å². The highest BCUT2D eigenvalue weighted by Gasteiger charge is 2.19. The second-order valence-corrected chi connectivity index (χ2v) is 4.47. The molecule has 0 fully saturated rings. The number of fused-ring (bicyclic) bond motifs is 1. The quantitative estimate of drug-likeness (QED) is 0.733. The third kappa shape index (κ3) is 1.64. The molecule has 0 radical (unpaired) electrons. The highest BCUT2D eigenvalue weighted by Crippen LogP contribution is 2.39. The fraction of sp³-hybridized carbons (Fsp3) is 0. The van der Waals surface area contributed by atoms with Crippen LogP contribution in [0.5, 0.6) is 0 Å². The van der Waals surface area contributed by atoms with Crippen LogP contribution in [-0.2, 0) is 0 Å². The zero-order chi connectivity index (χ0) is 12.7. The Morgan fingerprint density at radius 2 is 2.06 bits per heavy atom. The van der Waals surface area contributed by atoms with Gasteiger partial charge in [-0.15, -0.1) is 0 Å². The van der Waals surface area contributed by atoms with Crippen molar-refractivity contribution in [2.24, 2.45) is 0 Å². The zero-order valence-corrected chi connectivity index (χ0v) is 10.7. The molecule has 0 aliphatic heterocycles. The molecule has 0 aliphatic rings. The molecule has 0 amide bonds. The van der Waals surface area contributed by atoms with Crippen LogP contribution in [0.4, 0.5) is 0 Å². The average molecular weight is 279 g/mol. The Kier molecular flexibility index (Phi) is 2.65. The van der Waals surface area contributed by atoms with E-state index < -0.39 is 0 Å². The number of hydrogen-bond donors (Lipinski definition) is 1. The number of nitrogens with one attached hydrogen (secondary N) is 1. The highest BCUT2D eigenvalue weighted by atomic mass is 35.5. The fourth-order valence-corrected chi connectivity index (χ4v) is 2.40. The van der Waals surface area contributed by atoms with Crippen molar-refractivity contribution < 1.29 is 4.42 Å². The lowest BCUT2D eigenvalue weighted by Gasteiger charge is -1.95. The van der Waals surface area contributed by atoms with E-state index in [4.69, 9.17) is 27.6 Å². The molecule has 3 rings (SSSR count). The van der Waals surface area contributed by atoms with Gasteiger partial charge in [-0.2, -0.15) is 4.98 Å². The predicted octanol–water partition coefficient (Wildman–Crippen LogP) is 4.77. The summed E-state index contributed by atoms with van der Waals surface area (Å²) in [6, 6.07) is 7.73. The van der Waals surface area contributed by atoms with Crippen LogP contribution >= 0.6 is 23.2 Å². The second kappa shape index (κ2) is 4.19. The molecule has 18 heavy (non-hydrogen) atoms. The minimum Gasteiger partial charge on any atom is -0.435 e. The molecule has 0 saturated carbocycles. The number of nitrogens with zero attached hydrogens (tertiary/aromatic N) is 1. The van der Waals surface area contributed by atoms with Crippen molar-refractivity contribution in [2.75, 3.05) is 0 Å². The lowest BCUT2D eigenvalue weighted by Crippen LogP contribution is -1.74. The largest absolute Gasteiger partial charge is 0.435 e. The van der Waals surface area contributed by atoms with Gasteiger partial charge in [-0.3, -0.25) is 0 Å². The lowest BCUT2D eigenvalue weighted by molar-refractivity contribution is 0.561. The Bertz CT molecular complexity index is 743. The molecule has 2 heterocycles. The molecule has 0 unspecified atom stereocenters. The summed E-state index contributed by atoms with van der Waals surface area (Å²) in [6.07, 6.45) is 1.50. The first-order chi connectivity index (χ1) is 8.70. The summed E-state index contributed by atoms with van der Waals surface area (Å²) in [5.41, 5.74) is 1.64. The van der Waals surface area contributed by atoms with Gasteiger partial charge in [0.05, 0.1) is 5.56 Å². The first-order valence-electron chi connectivity index (χ1n) is 5.26. The summed E-state index contributed by atoms with van der Waals surface area (Å²) in [4.78, 5) is 7.11. The minimum absolute atomic E-state index is 0.275. The smallest absolute Gasteiger partial charge is 0.220 e. The molecule has 1 aromatic carbocycles. The molecular weight excluding hydrogens is 271 g/mol. The van der Waals surface area contributed by atoms with E-state index in [2.05, 4.69) is 16.5 Å². The van der Waals surface area contributed by atoms with Gasteiger partial charge in [-0.05, 0) is 12.1 Å². The maximum absolute atomic E-state index is 6.20. The van der Waals surface area contributed by atoms with Crippen LogP contribution < -0.4 is 0 Å². The van der Waals surface area contributed by atoms with Crippen LogP contribution in [0.1, 0.15) is 5.89 Å². The van der Waals surface area contributed by atoms with Gasteiger partial charge in [0.15, 0.2) is 10.9 Å². The Labute approximate surface area is 113 Å². The van der Waals surface area contributed by atoms with E-state index in [1.165, 1.54) is 6.08 Å². The first kappa shape index (κ1) is 11.4. The summed E-state index contributed by atoms with van der Waals surface area (Å²) >= 11 is 12.3. The molecule has 0 bridgehead atoms. The summed E-state index contributed by atoms with van der Waals surface area (Å²) in [5, 5.41) is 1.69. The number of hydrogen-bond acceptors (Lipinski definition) is 2. The van der Waals surface area contributed by atoms with Crippen LogP contribution in [0.2, 0.25) is 10.3 Å². The lowest BCUT2D eigenvalue weighted by atomic mass is 10.1. The van der Waals surface area contributed by atoms with E-state index in [1.807, 2.05) is 24.3 Å². The van der Waals surface area contributed by atoms with Gasteiger partial charge in [-0.25, -0.2) is 0 Å². The molecule has 2 aromatic heterocycles. The van der Waals surface area contributed by atoms with Crippen LogP contribution in [0.25, 0.3) is 28.3 Å². The first-order valence-corrected chi connectivity index (χ1v) is 6.01. The molecule has 0 spiro atoms. The molecular formula is C13H8Cl2N2O. The van der Waals surface area contributed by atoms with E-state index in [9.17, 15) is 0 Å². The van der Waals surface area contributed by atoms with Gasteiger partial charge in [0.25, 0.3) is 0 Å². The molecule has 0 atom stereocenters. The number of rotatable bonds is 2. The molecule has 5 heteroatoms. The van der Waals surface area contributed by atoms with Gasteiger partial charge in [0.1, 0.15) is 5.15 Å². The van der Waals surface area contributed by atoms with Gasteiger partial charge >= 0.3 is 0 Å². The number of oxazole rings is 1. The molecule has 0 aliphatic carbocycles. The van der Waals surface area contributed by atoms with Crippen molar-refractivity contribution in [3.8, 4) is 11.3 Å². The number of benzene rings is 1. The predicted molar refractivity (Wildman–Crippen MR) is 73.9 cm³/mol. The highest BCUT2D eigenvalue weighted by molar-refractivity contribution is 6.36. The molecule has 90 valence electrons. The number of H-pyrrole nitrogens is 1. The molecule has 3 nitrogen and oxygen atoms in total. The Hall–Kier alpha value is -1.71. The maximum Gasteiger partial charge on any atom is 0.220 e. The van der Waals surface area contributed by atoms with Crippen LogP contribution in [0, 0.1) is 0 Å². The monoisotopic (exact) mass is 278 g/mol. The van der Waals surface area contributed by atoms with Gasteiger partial charge in [0.2, 0.25) is 5.89 Å². The zero-order valence-electron chi connectivity index (χ0n) is 9.21. The fourth-order valence-electron chi connectivity index (χ4n) is 1.89. The molecule has 3 aromatic rings. The van der Waals surface area contributed by atoms with Crippen molar-refractivity contribution in [2.45, 2.75) is 0 Å². The van der Waals surface area contributed by atoms with Gasteiger partial charge in [-0.1, -0.05) is 48.0 Å². The van der Waals surface area contributed by atoms with E-state index in [0.717, 1.165) is 16.5 Å². The Morgan fingerprint density at radius 3 is 2.78 bits per heavy atom. The van der Waals surface area contributed by atoms with Crippen LogP contribution in [0.3, 0.4) is 0 Å². The standard InChI is InChI=1S/C13H8Cl2N2O/c1-2-9-17-13(15)11(18-9)10-7-5-3-4-6-8(7)16-12(10)14/h2-6,16H,1H2. The van der Waals surface area contributed by atoms with Crippen molar-refractivity contribution in [3.63, 3.8) is 0 Å². The molecule has 0 saturated heterocycles. The van der Waals surface area contributed by atoms with Gasteiger partial charge in [0, 0.05) is 10.9 Å². The van der Waals surface area contributed by atoms with E-state index in [0.29, 0.717) is 16.8 Å². The number of aromatic amines is 1. The third-order valence-corrected chi connectivity index (χ3v) is 3.20. The summed E-state index contributed by atoms with van der Waals surface area (Å²) in [6.45, 7) is 3.60. The summed E-state index contributed by atoms with van der Waals surface area (Å²) in [5.74, 6) is 0.824. The topological polar surface area (TPSA) is 41.8 Å². The maximum atomic E-state index is 6.20. The average Bonchev–Trinajstić information content (AvgIpc) is 2.88. The second-order valence-electron chi connectivity index (χ2n) is 3.74. The van der Waals surface area contributed by atoms with Gasteiger partial charge < -0.3 is 9.40 Å². The van der Waals surface area contributed by atoms with E-state index in [-0.39, 0.29) is 5.15 Å². The van der Waals surface area contributed by atoms with E-state index >= 15 is 0 Å². The third-order valence-electron chi connectivity index (χ3n) is 2.66. The van der Waals surface area contributed by atoms with Crippen LogP contribution in [-0.4, -0.2) is 9.97 Å². The van der Waals surface area contributed by atoms with Crippen molar-refractivity contribution >= 4 is 40.2 Å². The minimum atomic E-state index is 0.275. The van der Waals surface area contributed by atoms with E-state index in [1.54, 1.807) is 0 Å². The Balaban J connectivity index is 2.33.